The Morgan fingerprint density at radius 3 is 2.58 bits per heavy atom. The summed E-state index contributed by atoms with van der Waals surface area (Å²) in [5.74, 6) is 4.98. The first kappa shape index (κ1) is 23.3. The molecule has 0 N–H and O–H groups in total. The number of allylic oxidation sites excluding steroid dienone is 1. The maximum Gasteiger partial charge on any atom is 0.495 e. The fourth-order valence-corrected chi connectivity index (χ4v) is 8.88. The van der Waals surface area contributed by atoms with Gasteiger partial charge in [0.2, 0.25) is 0 Å². The van der Waals surface area contributed by atoms with Crippen LogP contribution in [0.2, 0.25) is 0 Å². The normalized spacial score (nSPS) is 42.9. The number of carbonyl (C=O) groups is 1. The molecule has 8 unspecified atom stereocenters. The second-order valence-corrected chi connectivity index (χ2v) is 12.5. The van der Waals surface area contributed by atoms with Crippen molar-refractivity contribution in [2.45, 2.75) is 111 Å². The maximum absolute atomic E-state index is 12.8. The lowest BCUT2D eigenvalue weighted by atomic mass is 9.47. The topological polar surface area (TPSA) is 26.3 Å². The molecule has 3 heteroatoms. The van der Waals surface area contributed by atoms with Crippen molar-refractivity contribution in [1.82, 2.24) is 0 Å². The standard InChI is InChI=1S/C28H45FO2/c1-18(2)7-6-8-19(3)23-11-12-24-22-10-9-20-17-21(31-26(29)30)13-15-27(20,4)25(22)14-16-28(23,24)5/h9,18-19,21-25H,6-8,10-17H2,1-5H3. The van der Waals surface area contributed by atoms with Crippen LogP contribution in [-0.2, 0) is 4.74 Å². The van der Waals surface area contributed by atoms with Crippen molar-refractivity contribution in [1.29, 1.82) is 0 Å². The largest absolute Gasteiger partial charge is 0.495 e. The Labute approximate surface area is 189 Å². The van der Waals surface area contributed by atoms with E-state index in [4.69, 9.17) is 4.74 Å². The van der Waals surface area contributed by atoms with Gasteiger partial charge < -0.3 is 4.74 Å². The van der Waals surface area contributed by atoms with Gasteiger partial charge in [0, 0.05) is 6.42 Å². The van der Waals surface area contributed by atoms with Gasteiger partial charge in [-0.15, -0.1) is 4.39 Å². The highest BCUT2D eigenvalue weighted by Gasteiger charge is 2.59. The van der Waals surface area contributed by atoms with Crippen LogP contribution < -0.4 is 0 Å². The van der Waals surface area contributed by atoms with Crippen molar-refractivity contribution in [3.05, 3.63) is 11.6 Å². The maximum atomic E-state index is 12.8. The summed E-state index contributed by atoms with van der Waals surface area (Å²) in [6.07, 6.45) is 14.1. The molecule has 0 bridgehead atoms. The highest BCUT2D eigenvalue weighted by atomic mass is 19.1. The van der Waals surface area contributed by atoms with Gasteiger partial charge in [-0.1, -0.05) is 65.5 Å². The van der Waals surface area contributed by atoms with Crippen LogP contribution in [0, 0.1) is 46.3 Å². The predicted octanol–water partition coefficient (Wildman–Crippen LogP) is 8.50. The zero-order chi connectivity index (χ0) is 22.4. The summed E-state index contributed by atoms with van der Waals surface area (Å²) in [6.45, 7) is 12.3. The quantitative estimate of drug-likeness (QED) is 0.310. The van der Waals surface area contributed by atoms with Crippen LogP contribution >= 0.6 is 0 Å². The molecule has 4 aliphatic rings. The Morgan fingerprint density at radius 1 is 1.10 bits per heavy atom. The Bertz CT molecular complexity index is 699. The number of hydrogen-bond donors (Lipinski definition) is 0. The van der Waals surface area contributed by atoms with Gasteiger partial charge in [-0.05, 0) is 91.3 Å². The van der Waals surface area contributed by atoms with Crippen molar-refractivity contribution in [3.8, 4) is 0 Å². The molecule has 0 aromatic heterocycles. The molecule has 0 spiro atoms. The average molecular weight is 433 g/mol. The number of hydrogen-bond acceptors (Lipinski definition) is 2. The van der Waals surface area contributed by atoms with Crippen molar-refractivity contribution in [2.75, 3.05) is 0 Å². The summed E-state index contributed by atoms with van der Waals surface area (Å²) >= 11 is 0. The summed E-state index contributed by atoms with van der Waals surface area (Å²) in [7, 11) is 0. The van der Waals surface area contributed by atoms with Crippen molar-refractivity contribution >= 4 is 6.22 Å². The van der Waals surface area contributed by atoms with Gasteiger partial charge in [-0.25, -0.2) is 4.79 Å². The van der Waals surface area contributed by atoms with Crippen molar-refractivity contribution in [2.24, 2.45) is 46.3 Å². The lowest BCUT2D eigenvalue weighted by Crippen LogP contribution is -2.51. The zero-order valence-corrected chi connectivity index (χ0v) is 20.6. The van der Waals surface area contributed by atoms with Crippen molar-refractivity contribution < 1.29 is 13.9 Å². The Balaban J connectivity index is 1.47. The van der Waals surface area contributed by atoms with E-state index < -0.39 is 6.22 Å². The van der Waals surface area contributed by atoms with E-state index in [2.05, 4.69) is 40.7 Å². The molecular formula is C28H45FO2. The molecule has 0 aromatic carbocycles. The zero-order valence-electron chi connectivity index (χ0n) is 20.6. The molecule has 0 aliphatic heterocycles. The third-order valence-electron chi connectivity index (χ3n) is 10.5. The van der Waals surface area contributed by atoms with Crippen LogP contribution in [-0.4, -0.2) is 12.3 Å². The Kier molecular flexibility index (Phi) is 6.63. The van der Waals surface area contributed by atoms with Gasteiger partial charge in [-0.2, -0.15) is 0 Å². The number of carbonyl (C=O) groups excluding carboxylic acids is 1. The highest BCUT2D eigenvalue weighted by Crippen LogP contribution is 2.67. The SMILES string of the molecule is CC(C)CCCC(C)C1CCC2C3CC=C4CC(OC(=O)F)CCC4(C)C3CCC12C. The first-order valence-corrected chi connectivity index (χ1v) is 13.2. The van der Waals surface area contributed by atoms with Crippen LogP contribution in [0.4, 0.5) is 9.18 Å². The monoisotopic (exact) mass is 432 g/mol. The van der Waals surface area contributed by atoms with Crippen LogP contribution in [0.1, 0.15) is 105 Å². The molecule has 0 heterocycles. The smallest absolute Gasteiger partial charge is 0.437 e. The lowest BCUT2D eigenvalue weighted by molar-refractivity contribution is -0.0590. The molecule has 4 aliphatic carbocycles. The summed E-state index contributed by atoms with van der Waals surface area (Å²) in [4.78, 5) is 10.8. The summed E-state index contributed by atoms with van der Waals surface area (Å²) in [6, 6.07) is 0. The molecule has 4 rings (SSSR count). The molecule has 3 fully saturated rings. The van der Waals surface area contributed by atoms with Crippen LogP contribution in [0.25, 0.3) is 0 Å². The molecule has 31 heavy (non-hydrogen) atoms. The number of rotatable bonds is 6. The van der Waals surface area contributed by atoms with Crippen LogP contribution in [0.15, 0.2) is 11.6 Å². The molecule has 0 amide bonds. The first-order valence-electron chi connectivity index (χ1n) is 13.2. The minimum absolute atomic E-state index is 0.227. The van der Waals surface area contributed by atoms with E-state index in [9.17, 15) is 9.18 Å². The Hall–Kier alpha value is -0.860. The summed E-state index contributed by atoms with van der Waals surface area (Å²) < 4.78 is 17.7. The highest BCUT2D eigenvalue weighted by molar-refractivity contribution is 5.58. The number of ether oxygens (including phenoxy) is 1. The van der Waals surface area contributed by atoms with Gasteiger partial charge in [0.25, 0.3) is 0 Å². The summed E-state index contributed by atoms with van der Waals surface area (Å²) in [5, 5.41) is 0. The first-order chi connectivity index (χ1) is 14.6. The van der Waals surface area contributed by atoms with E-state index in [1.807, 2.05) is 0 Å². The van der Waals surface area contributed by atoms with Gasteiger partial charge in [0.15, 0.2) is 0 Å². The third kappa shape index (κ3) is 4.24. The molecule has 0 radical (unpaired) electrons. The third-order valence-corrected chi connectivity index (χ3v) is 10.5. The average Bonchev–Trinajstić information content (AvgIpc) is 3.05. The van der Waals surface area contributed by atoms with E-state index in [1.54, 1.807) is 0 Å². The summed E-state index contributed by atoms with van der Waals surface area (Å²) in [5.41, 5.74) is 2.19. The van der Waals surface area contributed by atoms with Gasteiger partial charge >= 0.3 is 6.22 Å². The fraction of sp³-hybridized carbons (Fsp3) is 0.893. The minimum atomic E-state index is -1.61. The van der Waals surface area contributed by atoms with E-state index in [-0.39, 0.29) is 11.5 Å². The second kappa shape index (κ2) is 8.82. The second-order valence-electron chi connectivity index (χ2n) is 12.5. The van der Waals surface area contributed by atoms with Crippen molar-refractivity contribution in [3.63, 3.8) is 0 Å². The molecule has 0 aromatic rings. The molecule has 2 nitrogen and oxygen atoms in total. The molecule has 0 saturated heterocycles. The molecule has 176 valence electrons. The molecular weight excluding hydrogens is 387 g/mol. The Morgan fingerprint density at radius 2 is 1.87 bits per heavy atom. The van der Waals surface area contributed by atoms with Gasteiger partial charge in [-0.3, -0.25) is 0 Å². The van der Waals surface area contributed by atoms with E-state index in [0.29, 0.717) is 5.41 Å². The van der Waals surface area contributed by atoms with Crippen LogP contribution in [0.3, 0.4) is 0 Å². The van der Waals surface area contributed by atoms with E-state index in [0.717, 1.165) is 54.8 Å². The lowest BCUT2D eigenvalue weighted by Gasteiger charge is -2.58. The van der Waals surface area contributed by atoms with E-state index in [1.165, 1.54) is 56.9 Å². The number of halogens is 1. The fourth-order valence-electron chi connectivity index (χ4n) is 8.88. The minimum Gasteiger partial charge on any atom is -0.437 e. The number of fused-ring (bicyclic) bond motifs is 5. The van der Waals surface area contributed by atoms with E-state index >= 15 is 0 Å². The molecule has 3 saturated carbocycles. The molecule has 8 atom stereocenters. The predicted molar refractivity (Wildman–Crippen MR) is 124 cm³/mol. The van der Waals surface area contributed by atoms with Gasteiger partial charge in [0.1, 0.15) is 6.10 Å². The van der Waals surface area contributed by atoms with Crippen LogP contribution in [0.5, 0.6) is 0 Å². The van der Waals surface area contributed by atoms with Gasteiger partial charge in [0.05, 0.1) is 0 Å².